The minimum Gasteiger partial charge on any atom is -0.336 e. The standard InChI is InChI=1S/C26H28N4O2/c1-16(2)20-11-13-21(14-12-20)28-25(31)19(5)29-17(3)23-15-27-30(22-9-7-6-8-10-22)26(32)24(23)18(29)4/h6-16,19H,1-5H3,(H,28,31). The Labute approximate surface area is 187 Å². The molecule has 0 radical (unpaired) electrons. The molecule has 0 aliphatic carbocycles. The third-order valence-electron chi connectivity index (χ3n) is 6.06. The second-order valence-electron chi connectivity index (χ2n) is 8.47. The van der Waals surface area contributed by atoms with Gasteiger partial charge < -0.3 is 9.88 Å². The lowest BCUT2D eigenvalue weighted by molar-refractivity contribution is -0.118. The molecule has 2 aromatic carbocycles. The molecular formula is C26H28N4O2. The molecule has 2 heterocycles. The van der Waals surface area contributed by atoms with E-state index >= 15 is 0 Å². The summed E-state index contributed by atoms with van der Waals surface area (Å²) < 4.78 is 3.32. The number of nitrogens with one attached hydrogen (secondary N) is 1. The van der Waals surface area contributed by atoms with Gasteiger partial charge >= 0.3 is 0 Å². The van der Waals surface area contributed by atoms with E-state index in [9.17, 15) is 9.59 Å². The number of carbonyl (C=O) groups is 1. The summed E-state index contributed by atoms with van der Waals surface area (Å²) in [7, 11) is 0. The van der Waals surface area contributed by atoms with Gasteiger partial charge in [0.05, 0.1) is 17.3 Å². The van der Waals surface area contributed by atoms with E-state index in [-0.39, 0.29) is 11.5 Å². The molecule has 4 aromatic rings. The monoisotopic (exact) mass is 428 g/mol. The van der Waals surface area contributed by atoms with Crippen LogP contribution < -0.4 is 10.9 Å². The average Bonchev–Trinajstić information content (AvgIpc) is 3.05. The second-order valence-corrected chi connectivity index (χ2v) is 8.47. The lowest BCUT2D eigenvalue weighted by Gasteiger charge is -2.18. The van der Waals surface area contributed by atoms with Crippen molar-refractivity contribution in [2.75, 3.05) is 5.32 Å². The summed E-state index contributed by atoms with van der Waals surface area (Å²) in [5.74, 6) is 0.301. The number of amides is 1. The van der Waals surface area contributed by atoms with Crippen LogP contribution in [0.4, 0.5) is 5.69 Å². The van der Waals surface area contributed by atoms with E-state index < -0.39 is 6.04 Å². The first-order chi connectivity index (χ1) is 15.3. The molecule has 0 saturated heterocycles. The van der Waals surface area contributed by atoms with Crippen LogP contribution in [0.3, 0.4) is 0 Å². The van der Waals surface area contributed by atoms with Crippen molar-refractivity contribution in [2.24, 2.45) is 0 Å². The molecule has 1 atom stereocenters. The van der Waals surface area contributed by atoms with Gasteiger partial charge in [-0.05, 0) is 56.5 Å². The zero-order chi connectivity index (χ0) is 23.0. The fourth-order valence-electron chi connectivity index (χ4n) is 4.23. The van der Waals surface area contributed by atoms with Crippen LogP contribution in [-0.2, 0) is 4.79 Å². The van der Waals surface area contributed by atoms with Gasteiger partial charge in [0.15, 0.2) is 0 Å². The third kappa shape index (κ3) is 3.73. The summed E-state index contributed by atoms with van der Waals surface area (Å²) in [6, 6.07) is 16.8. The number of benzene rings is 2. The number of carbonyl (C=O) groups excluding carboxylic acids is 1. The molecule has 1 unspecified atom stereocenters. The highest BCUT2D eigenvalue weighted by atomic mass is 16.2. The van der Waals surface area contributed by atoms with Crippen LogP contribution in [0.2, 0.25) is 0 Å². The van der Waals surface area contributed by atoms with Crippen LogP contribution in [0, 0.1) is 13.8 Å². The van der Waals surface area contributed by atoms with Gasteiger partial charge in [-0.1, -0.05) is 44.2 Å². The second kappa shape index (κ2) is 8.46. The smallest absolute Gasteiger partial charge is 0.281 e. The van der Waals surface area contributed by atoms with E-state index in [0.717, 1.165) is 22.5 Å². The van der Waals surface area contributed by atoms with Crippen LogP contribution in [0.5, 0.6) is 0 Å². The minimum atomic E-state index is -0.489. The normalized spacial score (nSPS) is 12.3. The van der Waals surface area contributed by atoms with E-state index in [1.54, 1.807) is 6.20 Å². The zero-order valence-electron chi connectivity index (χ0n) is 19.1. The van der Waals surface area contributed by atoms with Crippen LogP contribution >= 0.6 is 0 Å². The van der Waals surface area contributed by atoms with E-state index in [4.69, 9.17) is 0 Å². The van der Waals surface area contributed by atoms with Gasteiger partial charge in [-0.15, -0.1) is 0 Å². The largest absolute Gasteiger partial charge is 0.336 e. The van der Waals surface area contributed by atoms with Gasteiger partial charge in [0, 0.05) is 22.5 Å². The fraction of sp³-hybridized carbons (Fsp3) is 0.269. The number of hydrogen-bond acceptors (Lipinski definition) is 3. The molecule has 6 nitrogen and oxygen atoms in total. The lowest BCUT2D eigenvalue weighted by atomic mass is 10.0. The van der Waals surface area contributed by atoms with E-state index in [2.05, 4.69) is 24.3 Å². The zero-order valence-corrected chi connectivity index (χ0v) is 19.1. The van der Waals surface area contributed by atoms with Crippen molar-refractivity contribution in [3.8, 4) is 5.69 Å². The first-order valence-electron chi connectivity index (χ1n) is 10.8. The SMILES string of the molecule is Cc1c2cnn(-c3ccccc3)c(=O)c2c(C)n1C(C)C(=O)Nc1ccc(C(C)C)cc1. The Morgan fingerprint density at radius 1 is 0.938 bits per heavy atom. The van der Waals surface area contributed by atoms with Gasteiger partial charge in [0.1, 0.15) is 6.04 Å². The lowest BCUT2D eigenvalue weighted by Crippen LogP contribution is -2.25. The van der Waals surface area contributed by atoms with Crippen LogP contribution in [0.15, 0.2) is 65.6 Å². The number of anilines is 1. The van der Waals surface area contributed by atoms with Gasteiger partial charge in [0.25, 0.3) is 5.56 Å². The van der Waals surface area contributed by atoms with Crippen LogP contribution in [-0.4, -0.2) is 20.3 Å². The summed E-state index contributed by atoms with van der Waals surface area (Å²) in [5, 5.41) is 8.72. The highest BCUT2D eigenvalue weighted by Gasteiger charge is 2.23. The maximum atomic E-state index is 13.3. The minimum absolute atomic E-state index is 0.134. The third-order valence-corrected chi connectivity index (χ3v) is 6.06. The van der Waals surface area contributed by atoms with Crippen molar-refractivity contribution in [3.05, 3.63) is 88.1 Å². The Balaban J connectivity index is 1.70. The topological polar surface area (TPSA) is 68.9 Å². The molecule has 0 bridgehead atoms. The molecule has 32 heavy (non-hydrogen) atoms. The summed E-state index contributed by atoms with van der Waals surface area (Å²) in [6.07, 6.45) is 1.71. The van der Waals surface area contributed by atoms with E-state index in [1.807, 2.05) is 79.9 Å². The highest BCUT2D eigenvalue weighted by molar-refractivity contribution is 5.95. The average molecular weight is 429 g/mol. The molecule has 0 saturated carbocycles. The summed E-state index contributed by atoms with van der Waals surface area (Å²) in [5.41, 5.74) is 4.10. The molecule has 0 aliphatic heterocycles. The van der Waals surface area contributed by atoms with E-state index in [0.29, 0.717) is 17.0 Å². The quantitative estimate of drug-likeness (QED) is 0.479. The maximum Gasteiger partial charge on any atom is 0.281 e. The Morgan fingerprint density at radius 2 is 1.59 bits per heavy atom. The van der Waals surface area contributed by atoms with E-state index in [1.165, 1.54) is 10.2 Å². The molecular weight excluding hydrogens is 400 g/mol. The van der Waals surface area contributed by atoms with Crippen molar-refractivity contribution in [1.82, 2.24) is 14.3 Å². The first-order valence-corrected chi connectivity index (χ1v) is 10.8. The number of hydrogen-bond donors (Lipinski definition) is 1. The molecule has 0 aliphatic rings. The van der Waals surface area contributed by atoms with Crippen molar-refractivity contribution in [1.29, 1.82) is 0 Å². The number of nitrogens with zero attached hydrogens (tertiary/aromatic N) is 3. The molecule has 1 N–H and O–H groups in total. The number of rotatable bonds is 5. The fourth-order valence-corrected chi connectivity index (χ4v) is 4.23. The predicted molar refractivity (Wildman–Crippen MR) is 129 cm³/mol. The Morgan fingerprint density at radius 3 is 2.22 bits per heavy atom. The number of aryl methyl sites for hydroxylation is 2. The van der Waals surface area contributed by atoms with Crippen molar-refractivity contribution in [2.45, 2.75) is 46.6 Å². The molecule has 2 aromatic heterocycles. The van der Waals surface area contributed by atoms with Crippen molar-refractivity contribution in [3.63, 3.8) is 0 Å². The molecule has 0 fully saturated rings. The first kappa shape index (κ1) is 21.6. The summed E-state index contributed by atoms with van der Waals surface area (Å²) in [4.78, 5) is 26.3. The number of para-hydroxylation sites is 1. The van der Waals surface area contributed by atoms with Gasteiger partial charge in [0.2, 0.25) is 5.91 Å². The van der Waals surface area contributed by atoms with Gasteiger partial charge in [-0.3, -0.25) is 9.59 Å². The van der Waals surface area contributed by atoms with Gasteiger partial charge in [-0.25, -0.2) is 0 Å². The highest BCUT2D eigenvalue weighted by Crippen LogP contribution is 2.27. The summed E-state index contributed by atoms with van der Waals surface area (Å²) in [6.45, 7) is 9.93. The number of fused-ring (bicyclic) bond motifs is 1. The van der Waals surface area contributed by atoms with Crippen LogP contribution in [0.1, 0.15) is 49.7 Å². The Kier molecular flexibility index (Phi) is 5.70. The molecule has 0 spiro atoms. The van der Waals surface area contributed by atoms with Crippen LogP contribution in [0.25, 0.3) is 16.5 Å². The Bertz CT molecular complexity index is 1330. The summed E-state index contributed by atoms with van der Waals surface area (Å²) >= 11 is 0. The van der Waals surface area contributed by atoms with Gasteiger partial charge in [-0.2, -0.15) is 9.78 Å². The van der Waals surface area contributed by atoms with Crippen molar-refractivity contribution >= 4 is 22.4 Å². The maximum absolute atomic E-state index is 13.3. The molecule has 6 heteroatoms. The molecule has 4 rings (SSSR count). The molecule has 164 valence electrons. The predicted octanol–water partition coefficient (Wildman–Crippen LogP) is 5.13. The number of aromatic nitrogens is 3. The van der Waals surface area contributed by atoms with Crippen molar-refractivity contribution < 1.29 is 4.79 Å². The molecule has 1 amide bonds. The Hall–Kier alpha value is -3.67.